The summed E-state index contributed by atoms with van der Waals surface area (Å²) in [6.07, 6.45) is 0. The van der Waals surface area contributed by atoms with Crippen molar-refractivity contribution in [1.82, 2.24) is 14.8 Å². The number of aromatic nitrogens is 3. The topological polar surface area (TPSA) is 90.3 Å². The van der Waals surface area contributed by atoms with Crippen molar-refractivity contribution in [1.29, 1.82) is 0 Å². The molecule has 8 nitrogen and oxygen atoms in total. The van der Waals surface area contributed by atoms with E-state index >= 15 is 0 Å². The van der Waals surface area contributed by atoms with Crippen LogP contribution in [-0.2, 0) is 4.79 Å². The van der Waals surface area contributed by atoms with E-state index in [1.807, 2.05) is 85.8 Å². The van der Waals surface area contributed by atoms with Crippen molar-refractivity contribution in [3.8, 4) is 22.9 Å². The largest absolute Gasteiger partial charge is 0.454 e. The van der Waals surface area contributed by atoms with Crippen LogP contribution in [0.3, 0.4) is 0 Å². The van der Waals surface area contributed by atoms with E-state index < -0.39 is 6.04 Å². The molecule has 2 N–H and O–H groups in total. The number of anilines is 2. The maximum Gasteiger partial charge on any atom is 0.255 e. The lowest BCUT2D eigenvalue weighted by Crippen LogP contribution is -2.31. The van der Waals surface area contributed by atoms with Crippen molar-refractivity contribution in [2.45, 2.75) is 13.0 Å². The van der Waals surface area contributed by atoms with Crippen LogP contribution in [0, 0.1) is 0 Å². The molecule has 0 saturated carbocycles. The number of rotatable bonds is 4. The fraction of sp³-hybridized carbons (Fsp3) is 0.115. The van der Waals surface area contributed by atoms with Crippen molar-refractivity contribution in [3.63, 3.8) is 0 Å². The average molecular weight is 451 g/mol. The summed E-state index contributed by atoms with van der Waals surface area (Å²) < 4.78 is 12.9. The molecule has 1 amide bonds. The second-order valence-electron chi connectivity index (χ2n) is 8.07. The van der Waals surface area contributed by atoms with Crippen LogP contribution in [0.5, 0.6) is 11.5 Å². The molecular weight excluding hydrogens is 430 g/mol. The highest BCUT2D eigenvalue weighted by Gasteiger charge is 2.35. The summed E-state index contributed by atoms with van der Waals surface area (Å²) >= 11 is 0. The summed E-state index contributed by atoms with van der Waals surface area (Å²) in [5.41, 5.74) is 3.69. The predicted octanol–water partition coefficient (Wildman–Crippen LogP) is 4.60. The molecule has 3 heterocycles. The van der Waals surface area contributed by atoms with Gasteiger partial charge in [-0.2, -0.15) is 4.98 Å². The van der Waals surface area contributed by atoms with Gasteiger partial charge in [-0.15, -0.1) is 5.10 Å². The van der Waals surface area contributed by atoms with Gasteiger partial charge in [0.1, 0.15) is 6.04 Å². The van der Waals surface area contributed by atoms with E-state index in [1.165, 1.54) is 0 Å². The predicted molar refractivity (Wildman–Crippen MR) is 128 cm³/mol. The molecule has 4 aromatic rings. The number of fused-ring (bicyclic) bond motifs is 2. The molecule has 0 radical (unpaired) electrons. The molecule has 3 aromatic carbocycles. The number of nitrogens with one attached hydrogen (secondary N) is 2. The van der Waals surface area contributed by atoms with Gasteiger partial charge in [-0.05, 0) is 36.8 Å². The van der Waals surface area contributed by atoms with Gasteiger partial charge in [-0.3, -0.25) is 4.79 Å². The zero-order chi connectivity index (χ0) is 23.1. The van der Waals surface area contributed by atoms with Gasteiger partial charge in [0.2, 0.25) is 12.7 Å². The van der Waals surface area contributed by atoms with Gasteiger partial charge in [0, 0.05) is 16.9 Å². The highest BCUT2D eigenvalue weighted by molar-refractivity contribution is 6.06. The minimum Gasteiger partial charge on any atom is -0.454 e. The third kappa shape index (κ3) is 3.45. The molecule has 1 atom stereocenters. The number of nitrogens with zero attached hydrogens (tertiary/aromatic N) is 3. The Kier molecular flexibility index (Phi) is 4.76. The minimum absolute atomic E-state index is 0.175. The van der Waals surface area contributed by atoms with E-state index in [2.05, 4.69) is 10.6 Å². The number of amides is 1. The van der Waals surface area contributed by atoms with Crippen molar-refractivity contribution in [2.24, 2.45) is 0 Å². The molecule has 2 aliphatic heterocycles. The second-order valence-corrected chi connectivity index (χ2v) is 8.07. The maximum atomic E-state index is 13.6. The molecular formula is C26H21N5O3. The van der Waals surface area contributed by atoms with E-state index in [0.29, 0.717) is 40.2 Å². The van der Waals surface area contributed by atoms with Crippen molar-refractivity contribution in [2.75, 3.05) is 17.4 Å². The van der Waals surface area contributed by atoms with Crippen LogP contribution in [0.25, 0.3) is 11.4 Å². The summed E-state index contributed by atoms with van der Waals surface area (Å²) in [7, 11) is 0. The number of carbonyl (C=O) groups excluding carboxylic acids is 1. The Morgan fingerprint density at radius 3 is 2.53 bits per heavy atom. The molecule has 1 unspecified atom stereocenters. The number of hydrogen-bond acceptors (Lipinski definition) is 6. The smallest absolute Gasteiger partial charge is 0.255 e. The summed E-state index contributed by atoms with van der Waals surface area (Å²) in [6, 6.07) is 24.3. The van der Waals surface area contributed by atoms with Crippen LogP contribution in [-0.4, -0.2) is 27.5 Å². The average Bonchev–Trinajstić information content (AvgIpc) is 3.50. The standard InChI is InChI=1S/C26H21N5O3/c1-16-22(25(32)28-19-10-6-3-7-11-19)23(18-12-13-20-21(14-18)34-15-33-20)31-26(27-16)29-24(30-31)17-8-4-2-5-9-17/h2-14,23H,15H2,1H3,(H,28,32)(H,27,29,30). The van der Waals surface area contributed by atoms with Crippen molar-refractivity contribution >= 4 is 17.5 Å². The third-order valence-electron chi connectivity index (χ3n) is 5.87. The van der Waals surface area contributed by atoms with Crippen molar-refractivity contribution in [3.05, 3.63) is 95.7 Å². The molecule has 6 rings (SSSR count). The highest BCUT2D eigenvalue weighted by Crippen LogP contribution is 2.41. The molecule has 1 aromatic heterocycles. The monoisotopic (exact) mass is 451 g/mol. The van der Waals surface area contributed by atoms with E-state index in [1.54, 1.807) is 4.68 Å². The molecule has 0 fully saturated rings. The Bertz CT molecular complexity index is 1410. The third-order valence-corrected chi connectivity index (χ3v) is 5.87. The van der Waals surface area contributed by atoms with Gasteiger partial charge in [0.25, 0.3) is 5.91 Å². The van der Waals surface area contributed by atoms with Crippen LogP contribution < -0.4 is 20.1 Å². The van der Waals surface area contributed by atoms with Crippen LogP contribution in [0.4, 0.5) is 11.6 Å². The molecule has 0 aliphatic carbocycles. The molecule has 34 heavy (non-hydrogen) atoms. The lowest BCUT2D eigenvalue weighted by atomic mass is 9.94. The SMILES string of the molecule is CC1=C(C(=O)Nc2ccccc2)C(c2ccc3c(c2)OCO3)n2nc(-c3ccccc3)nc2N1. The molecule has 8 heteroatoms. The Hall–Kier alpha value is -4.59. The number of para-hydroxylation sites is 1. The first-order valence-electron chi connectivity index (χ1n) is 10.9. The Morgan fingerprint density at radius 2 is 1.74 bits per heavy atom. The van der Waals surface area contributed by atoms with Gasteiger partial charge in [-0.1, -0.05) is 54.6 Å². The molecule has 0 bridgehead atoms. The Morgan fingerprint density at radius 1 is 1.00 bits per heavy atom. The normalized spacial score (nSPS) is 16.1. The van der Waals surface area contributed by atoms with Gasteiger partial charge in [-0.25, -0.2) is 4.68 Å². The van der Waals surface area contributed by atoms with E-state index in [4.69, 9.17) is 19.6 Å². The zero-order valence-corrected chi connectivity index (χ0v) is 18.4. The number of hydrogen-bond donors (Lipinski definition) is 2. The molecule has 168 valence electrons. The van der Waals surface area contributed by atoms with Crippen LogP contribution in [0.15, 0.2) is 90.1 Å². The lowest BCUT2D eigenvalue weighted by molar-refractivity contribution is -0.113. The number of benzene rings is 3. The lowest BCUT2D eigenvalue weighted by Gasteiger charge is -2.28. The molecule has 2 aliphatic rings. The number of ether oxygens (including phenoxy) is 2. The van der Waals surface area contributed by atoms with Crippen LogP contribution in [0.2, 0.25) is 0 Å². The first-order valence-corrected chi connectivity index (χ1v) is 10.9. The fourth-order valence-corrected chi connectivity index (χ4v) is 4.27. The Labute approximate surface area is 195 Å². The second kappa shape index (κ2) is 8.08. The summed E-state index contributed by atoms with van der Waals surface area (Å²) in [6.45, 7) is 2.05. The fourth-order valence-electron chi connectivity index (χ4n) is 4.27. The van der Waals surface area contributed by atoms with E-state index in [9.17, 15) is 4.79 Å². The quantitative estimate of drug-likeness (QED) is 0.471. The first kappa shape index (κ1) is 20.0. The van der Waals surface area contributed by atoms with Gasteiger partial charge in [0.05, 0.1) is 5.57 Å². The molecule has 0 saturated heterocycles. The first-order chi connectivity index (χ1) is 16.7. The summed E-state index contributed by atoms with van der Waals surface area (Å²) in [4.78, 5) is 18.3. The maximum absolute atomic E-state index is 13.6. The van der Waals surface area contributed by atoms with Crippen molar-refractivity contribution < 1.29 is 14.3 Å². The van der Waals surface area contributed by atoms with Crippen LogP contribution in [0.1, 0.15) is 18.5 Å². The molecule has 0 spiro atoms. The zero-order valence-electron chi connectivity index (χ0n) is 18.4. The minimum atomic E-state index is -0.514. The highest BCUT2D eigenvalue weighted by atomic mass is 16.7. The number of allylic oxidation sites excluding steroid dienone is 1. The van der Waals surface area contributed by atoms with Gasteiger partial charge < -0.3 is 20.1 Å². The van der Waals surface area contributed by atoms with E-state index in [0.717, 1.165) is 11.1 Å². The van der Waals surface area contributed by atoms with Gasteiger partial charge >= 0.3 is 0 Å². The van der Waals surface area contributed by atoms with Crippen LogP contribution >= 0.6 is 0 Å². The Balaban J connectivity index is 1.47. The van der Waals surface area contributed by atoms with Gasteiger partial charge in [0.15, 0.2) is 17.3 Å². The summed E-state index contributed by atoms with van der Waals surface area (Å²) in [5.74, 6) is 2.24. The number of carbonyl (C=O) groups is 1. The summed E-state index contributed by atoms with van der Waals surface area (Å²) in [5, 5.41) is 11.1. The van der Waals surface area contributed by atoms with E-state index in [-0.39, 0.29) is 12.7 Å².